The second-order valence-electron chi connectivity index (χ2n) is 8.59. The van der Waals surface area contributed by atoms with Crippen LogP contribution in [0.3, 0.4) is 0 Å². The number of benzene rings is 2. The van der Waals surface area contributed by atoms with Gasteiger partial charge in [0, 0.05) is 36.7 Å². The highest BCUT2D eigenvalue weighted by Gasteiger charge is 2.50. The number of piperidine rings is 2. The first-order valence-electron chi connectivity index (χ1n) is 10.8. The number of nitrogens with zero attached hydrogens (tertiary/aromatic N) is 3. The summed E-state index contributed by atoms with van der Waals surface area (Å²) in [7, 11) is 0. The Morgan fingerprint density at radius 2 is 1.64 bits per heavy atom. The van der Waals surface area contributed by atoms with Crippen LogP contribution < -0.4 is 5.32 Å². The van der Waals surface area contributed by atoms with Crippen molar-refractivity contribution in [1.29, 1.82) is 0 Å². The van der Waals surface area contributed by atoms with Crippen molar-refractivity contribution in [1.82, 2.24) is 10.2 Å². The zero-order valence-electron chi connectivity index (χ0n) is 17.9. The fraction of sp³-hybridized carbons (Fsp3) is 0.391. The van der Waals surface area contributed by atoms with Gasteiger partial charge in [0.05, 0.1) is 15.3 Å². The lowest BCUT2D eigenvalue weighted by Crippen LogP contribution is -2.57. The van der Waals surface area contributed by atoms with E-state index in [-0.39, 0.29) is 40.5 Å². The Labute approximate surface area is 189 Å². The van der Waals surface area contributed by atoms with Gasteiger partial charge in [-0.15, -0.1) is 0 Å². The van der Waals surface area contributed by atoms with Gasteiger partial charge in [-0.1, -0.05) is 30.3 Å². The molecule has 1 unspecified atom stereocenters. The van der Waals surface area contributed by atoms with E-state index in [1.165, 1.54) is 18.2 Å². The molecule has 0 bridgehead atoms. The van der Waals surface area contributed by atoms with Crippen molar-refractivity contribution in [2.24, 2.45) is 5.92 Å². The minimum absolute atomic E-state index is 0.0551. The van der Waals surface area contributed by atoms with E-state index >= 15 is 0 Å². The summed E-state index contributed by atoms with van der Waals surface area (Å²) in [6.45, 7) is 1.73. The molecule has 2 amide bonds. The second-order valence-corrected chi connectivity index (χ2v) is 8.59. The van der Waals surface area contributed by atoms with Gasteiger partial charge in [-0.3, -0.25) is 40.0 Å². The Balaban J connectivity index is 1.55. The van der Waals surface area contributed by atoms with Gasteiger partial charge in [-0.25, -0.2) is 0 Å². The van der Waals surface area contributed by atoms with Gasteiger partial charge < -0.3 is 0 Å². The number of para-hydroxylation sites is 1. The third-order valence-electron chi connectivity index (χ3n) is 6.86. The second kappa shape index (κ2) is 9.07. The minimum Gasteiger partial charge on any atom is -0.299 e. The molecule has 0 aliphatic carbocycles. The van der Waals surface area contributed by atoms with Crippen LogP contribution in [-0.4, -0.2) is 39.7 Å². The van der Waals surface area contributed by atoms with Gasteiger partial charge in [0.1, 0.15) is 0 Å². The quantitative estimate of drug-likeness (QED) is 0.404. The van der Waals surface area contributed by atoms with E-state index in [2.05, 4.69) is 10.2 Å². The summed E-state index contributed by atoms with van der Waals surface area (Å²) < 4.78 is 0. The van der Waals surface area contributed by atoms with Crippen LogP contribution in [-0.2, 0) is 21.5 Å². The van der Waals surface area contributed by atoms with Crippen LogP contribution in [0.15, 0.2) is 48.5 Å². The standard InChI is InChI=1S/C23H24N4O6/c28-21-9-12-23(22(29)24-21,17-5-7-19(8-6-17)26(30)31)18-10-13-25(14-11-18)15-16-3-1-2-4-20(16)27(32)33/h1-8,18H,9-15H2,(H,24,28,29). The van der Waals surface area contributed by atoms with E-state index in [0.717, 1.165) is 0 Å². The average molecular weight is 452 g/mol. The zero-order chi connectivity index (χ0) is 23.6. The topological polar surface area (TPSA) is 136 Å². The molecule has 0 saturated carbocycles. The number of nitro benzene ring substituents is 2. The maximum Gasteiger partial charge on any atom is 0.273 e. The molecule has 2 aromatic rings. The summed E-state index contributed by atoms with van der Waals surface area (Å²) in [6.07, 6.45) is 1.89. The molecule has 1 atom stereocenters. The molecule has 2 aliphatic heterocycles. The molecule has 0 aromatic heterocycles. The summed E-state index contributed by atoms with van der Waals surface area (Å²) in [5.74, 6) is -0.731. The van der Waals surface area contributed by atoms with Crippen molar-refractivity contribution in [2.75, 3.05) is 13.1 Å². The number of imide groups is 1. The van der Waals surface area contributed by atoms with Crippen LogP contribution in [0.4, 0.5) is 11.4 Å². The Hall–Kier alpha value is -3.66. The number of nitro groups is 2. The number of nitrogens with one attached hydrogen (secondary N) is 1. The number of hydrogen-bond acceptors (Lipinski definition) is 7. The van der Waals surface area contributed by atoms with E-state index in [1.54, 1.807) is 30.3 Å². The highest BCUT2D eigenvalue weighted by molar-refractivity contribution is 6.03. The largest absolute Gasteiger partial charge is 0.299 e. The van der Waals surface area contributed by atoms with Crippen LogP contribution in [0.25, 0.3) is 0 Å². The maximum atomic E-state index is 13.2. The van der Waals surface area contributed by atoms with E-state index in [4.69, 9.17) is 0 Å². The Morgan fingerprint density at radius 1 is 0.970 bits per heavy atom. The first-order chi connectivity index (χ1) is 15.8. The van der Waals surface area contributed by atoms with Gasteiger partial charge >= 0.3 is 0 Å². The van der Waals surface area contributed by atoms with E-state index in [0.29, 0.717) is 50.0 Å². The lowest BCUT2D eigenvalue weighted by atomic mass is 9.62. The minimum atomic E-state index is -0.937. The van der Waals surface area contributed by atoms with Gasteiger partial charge in [0.15, 0.2) is 0 Å². The molecule has 2 aromatic carbocycles. The summed E-state index contributed by atoms with van der Waals surface area (Å²) in [6, 6.07) is 12.7. The van der Waals surface area contributed by atoms with Crippen LogP contribution in [0.2, 0.25) is 0 Å². The molecule has 10 nitrogen and oxygen atoms in total. The fourth-order valence-corrected chi connectivity index (χ4v) is 5.15. The number of non-ortho nitro benzene ring substituents is 1. The van der Waals surface area contributed by atoms with Crippen LogP contribution in [0, 0.1) is 26.1 Å². The van der Waals surface area contributed by atoms with Crippen LogP contribution >= 0.6 is 0 Å². The smallest absolute Gasteiger partial charge is 0.273 e. The number of carbonyl (C=O) groups excluding carboxylic acids is 2. The molecule has 1 N–H and O–H groups in total. The molecule has 2 aliphatic rings. The van der Waals surface area contributed by atoms with Gasteiger partial charge in [0.25, 0.3) is 11.4 Å². The maximum absolute atomic E-state index is 13.2. The highest BCUT2D eigenvalue weighted by Crippen LogP contribution is 2.44. The van der Waals surface area contributed by atoms with Crippen molar-refractivity contribution in [2.45, 2.75) is 37.6 Å². The lowest BCUT2D eigenvalue weighted by Gasteiger charge is -2.45. The predicted octanol–water partition coefficient (Wildman–Crippen LogP) is 3.09. The third kappa shape index (κ3) is 4.34. The molecule has 172 valence electrons. The van der Waals surface area contributed by atoms with Crippen LogP contribution in [0.5, 0.6) is 0 Å². The van der Waals surface area contributed by atoms with Crippen molar-refractivity contribution in [3.63, 3.8) is 0 Å². The molecular formula is C23H24N4O6. The SMILES string of the molecule is O=C1CCC(c2ccc([N+](=O)[O-])cc2)(C2CCN(Cc3ccccc3[N+](=O)[O-])CC2)C(=O)N1. The van der Waals surface area contributed by atoms with E-state index in [1.807, 2.05) is 0 Å². The lowest BCUT2D eigenvalue weighted by molar-refractivity contribution is -0.385. The monoisotopic (exact) mass is 452 g/mol. The zero-order valence-corrected chi connectivity index (χ0v) is 17.9. The summed E-state index contributed by atoms with van der Waals surface area (Å²) in [5.41, 5.74) is 0.420. The van der Waals surface area contributed by atoms with Crippen molar-refractivity contribution < 1.29 is 19.4 Å². The van der Waals surface area contributed by atoms with Crippen molar-refractivity contribution in [3.8, 4) is 0 Å². The molecule has 0 radical (unpaired) electrons. The number of rotatable bonds is 6. The Kier molecular flexibility index (Phi) is 6.19. The number of likely N-dealkylation sites (tertiary alicyclic amines) is 1. The average Bonchev–Trinajstić information content (AvgIpc) is 2.80. The molecule has 2 fully saturated rings. The molecule has 33 heavy (non-hydrogen) atoms. The van der Waals surface area contributed by atoms with E-state index in [9.17, 15) is 29.8 Å². The molecule has 2 saturated heterocycles. The van der Waals surface area contributed by atoms with E-state index < -0.39 is 10.3 Å². The van der Waals surface area contributed by atoms with Gasteiger partial charge in [-0.05, 0) is 43.8 Å². The third-order valence-corrected chi connectivity index (χ3v) is 6.86. The summed E-state index contributed by atoms with van der Waals surface area (Å²) in [5, 5.41) is 24.9. The molecule has 4 rings (SSSR count). The van der Waals surface area contributed by atoms with Crippen molar-refractivity contribution in [3.05, 3.63) is 79.9 Å². The van der Waals surface area contributed by atoms with Crippen molar-refractivity contribution >= 4 is 23.2 Å². The highest BCUT2D eigenvalue weighted by atomic mass is 16.6. The normalized spacial score (nSPS) is 22.1. The Morgan fingerprint density at radius 3 is 2.24 bits per heavy atom. The first kappa shape index (κ1) is 22.5. The van der Waals surface area contributed by atoms with Crippen LogP contribution in [0.1, 0.15) is 36.8 Å². The number of carbonyl (C=O) groups is 2. The summed E-state index contributed by atoms with van der Waals surface area (Å²) in [4.78, 5) is 48.7. The number of hydrogen-bond donors (Lipinski definition) is 1. The molecule has 10 heteroatoms. The first-order valence-corrected chi connectivity index (χ1v) is 10.8. The molecule has 2 heterocycles. The molecular weight excluding hydrogens is 428 g/mol. The fourth-order valence-electron chi connectivity index (χ4n) is 5.15. The molecule has 0 spiro atoms. The van der Waals surface area contributed by atoms with Gasteiger partial charge in [-0.2, -0.15) is 0 Å². The summed E-state index contributed by atoms with van der Waals surface area (Å²) >= 11 is 0. The number of amides is 2. The van der Waals surface area contributed by atoms with Gasteiger partial charge in [0.2, 0.25) is 11.8 Å². The Bertz CT molecular complexity index is 1090. The predicted molar refractivity (Wildman–Crippen MR) is 118 cm³/mol.